The van der Waals surface area contributed by atoms with E-state index in [1.54, 1.807) is 0 Å². The lowest BCUT2D eigenvalue weighted by Crippen LogP contribution is -2.36. The fraction of sp³-hybridized carbons (Fsp3) is 0.250. The minimum atomic E-state index is -0.282. The van der Waals surface area contributed by atoms with Gasteiger partial charge in [0.15, 0.2) is 16.3 Å². The maximum atomic E-state index is 12.6. The molecule has 1 aliphatic heterocycles. The van der Waals surface area contributed by atoms with Gasteiger partial charge in [-0.1, -0.05) is 30.0 Å². The van der Waals surface area contributed by atoms with Gasteiger partial charge in [-0.2, -0.15) is 0 Å². The molecular formula is C16H15N5O2S. The van der Waals surface area contributed by atoms with E-state index in [1.807, 2.05) is 23.1 Å². The van der Waals surface area contributed by atoms with Crippen molar-refractivity contribution >= 4 is 34.5 Å². The first kappa shape index (κ1) is 14.9. The summed E-state index contributed by atoms with van der Waals surface area (Å²) < 4.78 is 0. The molecule has 2 aromatic heterocycles. The normalized spacial score (nSPS) is 13.9. The highest BCUT2D eigenvalue weighted by Crippen LogP contribution is 2.27. The summed E-state index contributed by atoms with van der Waals surface area (Å²) in [5.74, 6) is 0.227. The molecule has 8 heteroatoms. The van der Waals surface area contributed by atoms with Crippen LogP contribution in [-0.2, 0) is 11.2 Å². The number of fused-ring (bicyclic) bond motifs is 2. The van der Waals surface area contributed by atoms with Crippen LogP contribution in [0.3, 0.4) is 0 Å². The molecule has 1 amide bonds. The number of aromatic amines is 2. The number of carbonyl (C=O) groups is 1. The van der Waals surface area contributed by atoms with E-state index in [0.29, 0.717) is 16.3 Å². The van der Waals surface area contributed by atoms with E-state index >= 15 is 0 Å². The summed E-state index contributed by atoms with van der Waals surface area (Å²) in [6.45, 7) is 0.721. The van der Waals surface area contributed by atoms with E-state index in [2.05, 4.69) is 26.0 Å². The number of nitrogens with one attached hydrogen (secondary N) is 2. The summed E-state index contributed by atoms with van der Waals surface area (Å²) in [7, 11) is 0. The maximum Gasteiger partial charge on any atom is 0.277 e. The minimum absolute atomic E-state index is 0.0110. The van der Waals surface area contributed by atoms with Crippen LogP contribution in [0.15, 0.2) is 40.5 Å². The number of rotatable bonds is 3. The summed E-state index contributed by atoms with van der Waals surface area (Å²) in [6, 6.07) is 7.98. The summed E-state index contributed by atoms with van der Waals surface area (Å²) in [5.41, 5.74) is 2.61. The van der Waals surface area contributed by atoms with Crippen LogP contribution in [-0.4, -0.2) is 38.1 Å². The first-order chi connectivity index (χ1) is 11.7. The third-order valence-corrected chi connectivity index (χ3v) is 4.88. The molecule has 0 saturated heterocycles. The number of hydrogen-bond donors (Lipinski definition) is 2. The lowest BCUT2D eigenvalue weighted by molar-refractivity contribution is -0.116. The molecule has 0 bridgehead atoms. The third kappa shape index (κ3) is 2.69. The molecule has 0 spiro atoms. The second-order valence-electron chi connectivity index (χ2n) is 5.54. The van der Waals surface area contributed by atoms with Gasteiger partial charge in [0.25, 0.3) is 5.56 Å². The third-order valence-electron chi connectivity index (χ3n) is 4.02. The zero-order valence-corrected chi connectivity index (χ0v) is 13.6. The number of hydrogen-bond acceptors (Lipinski definition) is 5. The lowest BCUT2D eigenvalue weighted by Gasteiger charge is -2.29. The Bertz CT molecular complexity index is 964. The number of anilines is 1. The summed E-state index contributed by atoms with van der Waals surface area (Å²) in [4.78, 5) is 40.0. The molecule has 3 heterocycles. The number of benzene rings is 1. The molecule has 0 saturated carbocycles. The molecule has 0 radical (unpaired) electrons. The predicted octanol–water partition coefficient (Wildman–Crippen LogP) is 1.72. The van der Waals surface area contributed by atoms with Crippen LogP contribution in [0.2, 0.25) is 0 Å². The van der Waals surface area contributed by atoms with E-state index in [0.717, 1.165) is 25.1 Å². The molecule has 2 N–H and O–H groups in total. The SMILES string of the molecule is O=C(CSc1nc2nc[nH]c2c(=O)[nH]1)N1CCCc2ccccc21. The summed E-state index contributed by atoms with van der Waals surface area (Å²) in [6.07, 6.45) is 3.39. The molecule has 0 fully saturated rings. The molecule has 3 aromatic rings. The standard InChI is InChI=1S/C16H15N5O2S/c22-12(21-7-3-5-10-4-1-2-6-11(10)21)8-24-16-19-14-13(15(23)20-16)17-9-18-14/h1-2,4,6,9H,3,5,7-8H2,(H2,17,18,19,20,23). The van der Waals surface area contributed by atoms with Gasteiger partial charge in [-0.3, -0.25) is 14.6 Å². The number of thioether (sulfide) groups is 1. The minimum Gasteiger partial charge on any atom is -0.339 e. The van der Waals surface area contributed by atoms with Crippen molar-refractivity contribution in [3.8, 4) is 0 Å². The fourth-order valence-corrected chi connectivity index (χ4v) is 3.62. The molecule has 0 aliphatic carbocycles. The zero-order chi connectivity index (χ0) is 16.5. The molecule has 4 rings (SSSR count). The number of carbonyl (C=O) groups excluding carboxylic acids is 1. The first-order valence-electron chi connectivity index (χ1n) is 7.67. The predicted molar refractivity (Wildman–Crippen MR) is 92.3 cm³/mol. The monoisotopic (exact) mass is 341 g/mol. The average Bonchev–Trinajstić information content (AvgIpc) is 3.08. The number of imidazole rings is 1. The van der Waals surface area contributed by atoms with Crippen molar-refractivity contribution in [2.24, 2.45) is 0 Å². The van der Waals surface area contributed by atoms with Crippen LogP contribution >= 0.6 is 11.8 Å². The van der Waals surface area contributed by atoms with Gasteiger partial charge in [0.1, 0.15) is 0 Å². The molecule has 1 aromatic carbocycles. The Hall–Kier alpha value is -2.61. The van der Waals surface area contributed by atoms with E-state index in [9.17, 15) is 9.59 Å². The van der Waals surface area contributed by atoms with Gasteiger partial charge < -0.3 is 9.88 Å². The van der Waals surface area contributed by atoms with Crippen molar-refractivity contribution in [3.63, 3.8) is 0 Å². The van der Waals surface area contributed by atoms with Crippen molar-refractivity contribution in [1.82, 2.24) is 19.9 Å². The van der Waals surface area contributed by atoms with Gasteiger partial charge in [-0.15, -0.1) is 0 Å². The van der Waals surface area contributed by atoms with Crippen LogP contribution in [0.4, 0.5) is 5.69 Å². The van der Waals surface area contributed by atoms with Gasteiger partial charge in [0, 0.05) is 12.2 Å². The van der Waals surface area contributed by atoms with E-state index in [-0.39, 0.29) is 17.2 Å². The van der Waals surface area contributed by atoms with E-state index < -0.39 is 0 Å². The van der Waals surface area contributed by atoms with Crippen LogP contribution in [0, 0.1) is 0 Å². The second kappa shape index (κ2) is 6.12. The van der Waals surface area contributed by atoms with Crippen LogP contribution < -0.4 is 10.5 Å². The molecule has 1 aliphatic rings. The Kier molecular flexibility index (Phi) is 3.81. The maximum absolute atomic E-state index is 12.6. The van der Waals surface area contributed by atoms with Crippen molar-refractivity contribution in [1.29, 1.82) is 0 Å². The highest BCUT2D eigenvalue weighted by atomic mass is 32.2. The largest absolute Gasteiger partial charge is 0.339 e. The zero-order valence-electron chi connectivity index (χ0n) is 12.8. The van der Waals surface area contributed by atoms with Gasteiger partial charge in [0.05, 0.1) is 12.1 Å². The Morgan fingerprint density at radius 2 is 2.21 bits per heavy atom. The van der Waals surface area contributed by atoms with Gasteiger partial charge in [-0.25, -0.2) is 9.97 Å². The summed E-state index contributed by atoms with van der Waals surface area (Å²) in [5, 5.41) is 0.401. The topological polar surface area (TPSA) is 94.7 Å². The molecule has 24 heavy (non-hydrogen) atoms. The Labute approximate surface area is 141 Å². The quantitative estimate of drug-likeness (QED) is 0.559. The van der Waals surface area contributed by atoms with Crippen molar-refractivity contribution in [2.75, 3.05) is 17.2 Å². The van der Waals surface area contributed by atoms with Crippen LogP contribution in [0.25, 0.3) is 11.2 Å². The lowest BCUT2D eigenvalue weighted by atomic mass is 10.0. The van der Waals surface area contributed by atoms with Gasteiger partial charge in [-0.05, 0) is 24.5 Å². The fourth-order valence-electron chi connectivity index (χ4n) is 2.89. The van der Waals surface area contributed by atoms with Gasteiger partial charge >= 0.3 is 0 Å². The average molecular weight is 341 g/mol. The first-order valence-corrected chi connectivity index (χ1v) is 8.65. The number of H-pyrrole nitrogens is 2. The summed E-state index contributed by atoms with van der Waals surface area (Å²) >= 11 is 1.22. The molecule has 7 nitrogen and oxygen atoms in total. The van der Waals surface area contributed by atoms with Crippen LogP contribution in [0.1, 0.15) is 12.0 Å². The molecule has 0 atom stereocenters. The van der Waals surface area contributed by atoms with Crippen LogP contribution in [0.5, 0.6) is 0 Å². The Morgan fingerprint density at radius 1 is 1.33 bits per heavy atom. The van der Waals surface area contributed by atoms with Crippen molar-refractivity contribution in [3.05, 3.63) is 46.5 Å². The number of amides is 1. The Balaban J connectivity index is 1.51. The smallest absolute Gasteiger partial charge is 0.277 e. The number of nitrogens with zero attached hydrogens (tertiary/aromatic N) is 3. The van der Waals surface area contributed by atoms with E-state index in [4.69, 9.17) is 0 Å². The Morgan fingerprint density at radius 3 is 3.12 bits per heavy atom. The molecule has 122 valence electrons. The second-order valence-corrected chi connectivity index (χ2v) is 6.50. The molecule has 0 unspecified atom stereocenters. The highest BCUT2D eigenvalue weighted by molar-refractivity contribution is 7.99. The number of para-hydroxylation sites is 1. The molecular weight excluding hydrogens is 326 g/mol. The van der Waals surface area contributed by atoms with E-state index in [1.165, 1.54) is 23.7 Å². The van der Waals surface area contributed by atoms with Crippen molar-refractivity contribution < 1.29 is 4.79 Å². The number of aryl methyl sites for hydroxylation is 1. The van der Waals surface area contributed by atoms with Crippen molar-refractivity contribution in [2.45, 2.75) is 18.0 Å². The highest BCUT2D eigenvalue weighted by Gasteiger charge is 2.22. The number of aromatic nitrogens is 4. The van der Waals surface area contributed by atoms with Gasteiger partial charge in [0.2, 0.25) is 5.91 Å².